The number of benzene rings is 1. The summed E-state index contributed by atoms with van der Waals surface area (Å²) < 4.78 is 4.82. The number of carboxylic acids is 1. The first-order valence-electron chi connectivity index (χ1n) is 5.27. The van der Waals surface area contributed by atoms with Crippen LogP contribution in [0.25, 0.3) is 0 Å². The summed E-state index contributed by atoms with van der Waals surface area (Å²) in [5, 5.41) is 18.0. The molecular weight excluding hydrogens is 238 g/mol. The molecule has 1 unspecified atom stereocenters. The Hall–Kier alpha value is -2.21. The molecule has 0 spiro atoms. The van der Waals surface area contributed by atoms with E-state index in [9.17, 15) is 14.7 Å². The van der Waals surface area contributed by atoms with E-state index >= 15 is 0 Å². The fourth-order valence-corrected chi connectivity index (χ4v) is 1.39. The van der Waals surface area contributed by atoms with E-state index in [1.165, 1.54) is 0 Å². The minimum Gasteiger partial charge on any atom is -0.479 e. The fourth-order valence-electron chi connectivity index (χ4n) is 1.39. The van der Waals surface area contributed by atoms with Gasteiger partial charge < -0.3 is 14.9 Å². The van der Waals surface area contributed by atoms with Gasteiger partial charge >= 0.3 is 12.1 Å². The molecule has 2 rings (SSSR count). The van der Waals surface area contributed by atoms with Gasteiger partial charge in [0.1, 0.15) is 6.61 Å². The van der Waals surface area contributed by atoms with Gasteiger partial charge in [0.15, 0.2) is 0 Å². The molecule has 0 heterocycles. The van der Waals surface area contributed by atoms with E-state index in [1.54, 1.807) is 24.3 Å². The normalized spacial score (nSPS) is 23.7. The lowest BCUT2D eigenvalue weighted by Crippen LogP contribution is -2.24. The van der Waals surface area contributed by atoms with E-state index in [4.69, 9.17) is 9.84 Å². The first-order chi connectivity index (χ1) is 8.52. The Kier molecular flexibility index (Phi) is 3.12. The van der Waals surface area contributed by atoms with E-state index in [0.29, 0.717) is 0 Å². The number of amides is 1. The number of aliphatic hydroxyl groups is 1. The number of nitrogens with zero attached hydrogens (tertiary/aromatic N) is 1. The van der Waals surface area contributed by atoms with E-state index in [2.05, 4.69) is 4.99 Å². The van der Waals surface area contributed by atoms with Crippen molar-refractivity contribution in [2.45, 2.75) is 18.6 Å². The third-order valence-corrected chi connectivity index (χ3v) is 2.56. The Morgan fingerprint density at radius 3 is 2.56 bits per heavy atom. The van der Waals surface area contributed by atoms with Gasteiger partial charge in [0, 0.05) is 6.42 Å². The van der Waals surface area contributed by atoms with Gasteiger partial charge in [-0.1, -0.05) is 30.3 Å². The largest absolute Gasteiger partial charge is 0.479 e. The van der Waals surface area contributed by atoms with Gasteiger partial charge in [-0.2, -0.15) is 4.99 Å². The van der Waals surface area contributed by atoms with Crippen LogP contribution in [0.4, 0.5) is 4.79 Å². The summed E-state index contributed by atoms with van der Waals surface area (Å²) in [6, 6.07) is 9.01. The van der Waals surface area contributed by atoms with Crippen molar-refractivity contribution in [3.63, 3.8) is 0 Å². The molecule has 1 aliphatic rings. The van der Waals surface area contributed by atoms with Crippen LogP contribution in [-0.2, 0) is 16.1 Å². The Balaban J connectivity index is 1.88. The first-order valence-corrected chi connectivity index (χ1v) is 5.27. The molecule has 0 bridgehead atoms. The van der Waals surface area contributed by atoms with Crippen molar-refractivity contribution in [2.75, 3.05) is 0 Å². The summed E-state index contributed by atoms with van der Waals surface area (Å²) in [7, 11) is 0. The average Bonchev–Trinajstić information content (AvgIpc) is 3.00. The van der Waals surface area contributed by atoms with Gasteiger partial charge in [0.2, 0.25) is 5.60 Å². The molecule has 6 nitrogen and oxygen atoms in total. The number of carbonyl (C=O) groups excluding carboxylic acids is 1. The molecule has 1 aromatic rings. The Morgan fingerprint density at radius 2 is 2.00 bits per heavy atom. The summed E-state index contributed by atoms with van der Waals surface area (Å²) >= 11 is 0. The molecule has 18 heavy (non-hydrogen) atoms. The van der Waals surface area contributed by atoms with Crippen LogP contribution in [-0.4, -0.2) is 33.6 Å². The van der Waals surface area contributed by atoms with Crippen LogP contribution in [0, 0.1) is 0 Å². The minimum atomic E-state index is -1.98. The lowest BCUT2D eigenvalue weighted by atomic mass is 10.2. The number of carboxylic acid groups (broad SMARTS) is 1. The monoisotopic (exact) mass is 249 g/mol. The highest BCUT2D eigenvalue weighted by atomic mass is 16.5. The van der Waals surface area contributed by atoms with Crippen LogP contribution in [0.3, 0.4) is 0 Å². The van der Waals surface area contributed by atoms with E-state index in [0.717, 1.165) is 5.56 Å². The predicted octanol–water partition coefficient (Wildman–Crippen LogP) is 0.984. The second kappa shape index (κ2) is 4.58. The zero-order chi connectivity index (χ0) is 13.2. The number of rotatable bonds is 3. The summed E-state index contributed by atoms with van der Waals surface area (Å²) in [4.78, 5) is 25.2. The van der Waals surface area contributed by atoms with Crippen LogP contribution < -0.4 is 0 Å². The number of carbonyl (C=O) groups is 2. The minimum absolute atomic E-state index is 0.0575. The Labute approximate surface area is 103 Å². The molecule has 0 radical (unpaired) electrons. The average molecular weight is 249 g/mol. The topological polar surface area (TPSA) is 96.2 Å². The first kappa shape index (κ1) is 12.3. The quantitative estimate of drug-likeness (QED) is 0.832. The molecule has 0 aliphatic heterocycles. The van der Waals surface area contributed by atoms with Crippen molar-refractivity contribution < 1.29 is 24.5 Å². The predicted molar refractivity (Wildman–Crippen MR) is 61.3 cm³/mol. The molecule has 1 aromatic carbocycles. The molecule has 0 saturated heterocycles. The van der Waals surface area contributed by atoms with Gasteiger partial charge in [-0.25, -0.2) is 9.59 Å². The van der Waals surface area contributed by atoms with Crippen LogP contribution >= 0.6 is 0 Å². The standard InChI is InChI=1S/C12H11NO5/c14-10(15)12(17)6-9(12)13-11(16)18-7-8-4-2-1-3-5-8/h1-5,17H,6-7H2,(H,14,15)/b13-9+. The molecule has 1 amide bonds. The molecule has 94 valence electrons. The number of ether oxygens (including phenoxy) is 1. The lowest BCUT2D eigenvalue weighted by molar-refractivity contribution is -0.147. The van der Waals surface area contributed by atoms with Crippen molar-refractivity contribution in [3.8, 4) is 0 Å². The smallest absolute Gasteiger partial charge is 0.433 e. The highest BCUT2D eigenvalue weighted by Crippen LogP contribution is 2.32. The van der Waals surface area contributed by atoms with E-state index in [1.807, 2.05) is 6.07 Å². The Bertz CT molecular complexity index is 510. The van der Waals surface area contributed by atoms with Crippen LogP contribution in [0.2, 0.25) is 0 Å². The molecule has 1 atom stereocenters. The van der Waals surface area contributed by atoms with Crippen molar-refractivity contribution in [1.29, 1.82) is 0 Å². The molecule has 1 aliphatic carbocycles. The SMILES string of the molecule is O=C(/N=C1\CC1(O)C(=O)O)OCc1ccccc1. The van der Waals surface area contributed by atoms with Gasteiger partial charge in [-0.05, 0) is 5.56 Å². The highest BCUT2D eigenvalue weighted by Gasteiger charge is 2.57. The summed E-state index contributed by atoms with van der Waals surface area (Å²) in [6.07, 6.45) is -1.03. The van der Waals surface area contributed by atoms with Crippen LogP contribution in [0.5, 0.6) is 0 Å². The molecule has 1 fully saturated rings. The molecule has 1 saturated carbocycles. The summed E-state index contributed by atoms with van der Waals surface area (Å²) in [6.45, 7) is 0.0575. The maximum absolute atomic E-state index is 11.3. The van der Waals surface area contributed by atoms with Crippen molar-refractivity contribution in [2.24, 2.45) is 4.99 Å². The van der Waals surface area contributed by atoms with Crippen molar-refractivity contribution in [3.05, 3.63) is 35.9 Å². The van der Waals surface area contributed by atoms with Crippen LogP contribution in [0.15, 0.2) is 35.3 Å². The number of aliphatic imine (C=N–C) groups is 1. The Morgan fingerprint density at radius 1 is 1.33 bits per heavy atom. The molecule has 0 aromatic heterocycles. The second-order valence-corrected chi connectivity index (χ2v) is 3.94. The van der Waals surface area contributed by atoms with Gasteiger partial charge in [0.25, 0.3) is 0 Å². The second-order valence-electron chi connectivity index (χ2n) is 3.94. The van der Waals surface area contributed by atoms with Gasteiger partial charge in [-0.3, -0.25) is 0 Å². The summed E-state index contributed by atoms with van der Waals surface area (Å²) in [5.41, 5.74) is -1.26. The molecule has 6 heteroatoms. The highest BCUT2D eigenvalue weighted by molar-refractivity contribution is 6.25. The van der Waals surface area contributed by atoms with E-state index < -0.39 is 17.7 Å². The zero-order valence-corrected chi connectivity index (χ0v) is 9.37. The van der Waals surface area contributed by atoms with Gasteiger partial charge in [-0.15, -0.1) is 0 Å². The van der Waals surface area contributed by atoms with Crippen molar-refractivity contribution >= 4 is 17.8 Å². The number of hydrogen-bond acceptors (Lipinski definition) is 4. The van der Waals surface area contributed by atoms with Crippen molar-refractivity contribution in [1.82, 2.24) is 0 Å². The molecule has 2 N–H and O–H groups in total. The fraction of sp³-hybridized carbons (Fsp3) is 0.250. The maximum Gasteiger partial charge on any atom is 0.433 e. The third-order valence-electron chi connectivity index (χ3n) is 2.56. The number of hydrogen-bond donors (Lipinski definition) is 2. The maximum atomic E-state index is 11.3. The van der Waals surface area contributed by atoms with Crippen LogP contribution in [0.1, 0.15) is 12.0 Å². The lowest BCUT2D eigenvalue weighted by Gasteiger charge is -2.01. The van der Waals surface area contributed by atoms with Gasteiger partial charge in [0.05, 0.1) is 5.71 Å². The number of aliphatic carboxylic acids is 1. The zero-order valence-electron chi connectivity index (χ0n) is 9.37. The molecular formula is C12H11NO5. The third kappa shape index (κ3) is 2.54. The van der Waals surface area contributed by atoms with E-state index in [-0.39, 0.29) is 18.7 Å². The summed E-state index contributed by atoms with van der Waals surface area (Å²) in [5.74, 6) is -1.41.